The first-order valence-electron chi connectivity index (χ1n) is 11.1. The van der Waals surface area contributed by atoms with E-state index in [0.717, 1.165) is 16.5 Å². The van der Waals surface area contributed by atoms with Crippen LogP contribution < -0.4 is 10.2 Å². The Bertz CT molecular complexity index is 1550. The molecule has 5 nitrogen and oxygen atoms in total. The normalized spacial score (nSPS) is 15.2. The maximum absolute atomic E-state index is 13.5. The van der Waals surface area contributed by atoms with Crippen molar-refractivity contribution in [2.24, 2.45) is 0 Å². The van der Waals surface area contributed by atoms with Crippen molar-refractivity contribution in [3.63, 3.8) is 0 Å². The quantitative estimate of drug-likeness (QED) is 0.219. The fraction of sp³-hybridized carbons (Fsp3) is 0.107. The first-order valence-corrected chi connectivity index (χ1v) is 11.9. The van der Waals surface area contributed by atoms with Crippen LogP contribution in [0.25, 0.3) is 17.0 Å². The number of halogens is 1. The molecule has 4 aromatic rings. The molecule has 1 N–H and O–H groups in total. The minimum absolute atomic E-state index is 0.0106. The van der Waals surface area contributed by atoms with Gasteiger partial charge in [0.25, 0.3) is 11.8 Å². The Morgan fingerprint density at radius 1 is 1.00 bits per heavy atom. The average Bonchev–Trinajstić information content (AvgIpc) is 3.16. The number of hydrogen-bond acceptors (Lipinski definition) is 3. The summed E-state index contributed by atoms with van der Waals surface area (Å²) in [4.78, 5) is 27.7. The van der Waals surface area contributed by atoms with Gasteiger partial charge in [-0.2, -0.15) is 0 Å². The summed E-state index contributed by atoms with van der Waals surface area (Å²) >= 11 is 11.6. The van der Waals surface area contributed by atoms with Crippen molar-refractivity contribution >= 4 is 63.4 Å². The van der Waals surface area contributed by atoms with Gasteiger partial charge in [0.1, 0.15) is 5.57 Å². The summed E-state index contributed by atoms with van der Waals surface area (Å²) in [5, 5.41) is 4.15. The number of carbonyl (C=O) groups excluding carboxylic acids is 2. The van der Waals surface area contributed by atoms with Gasteiger partial charge in [-0.1, -0.05) is 65.7 Å². The number of thiocarbonyl (C=S) groups is 1. The van der Waals surface area contributed by atoms with E-state index in [1.807, 2.05) is 43.5 Å². The Hall–Kier alpha value is -3.74. The molecule has 1 saturated heterocycles. The number of amides is 2. The largest absolute Gasteiger partial charge is 0.342 e. The summed E-state index contributed by atoms with van der Waals surface area (Å²) in [7, 11) is 0. The summed E-state index contributed by atoms with van der Waals surface area (Å²) in [6.45, 7) is 4.55. The molecule has 2 amide bonds. The molecule has 2 heterocycles. The Morgan fingerprint density at radius 3 is 2.57 bits per heavy atom. The highest BCUT2D eigenvalue weighted by molar-refractivity contribution is 7.80. The van der Waals surface area contributed by atoms with Crippen LogP contribution in [0, 0.1) is 13.8 Å². The maximum atomic E-state index is 13.5. The lowest BCUT2D eigenvalue weighted by Crippen LogP contribution is -2.54. The Morgan fingerprint density at radius 2 is 1.77 bits per heavy atom. The number of nitrogens with zero attached hydrogens (tertiary/aromatic N) is 2. The molecule has 35 heavy (non-hydrogen) atoms. The number of aryl methyl sites for hydroxylation is 1. The Kier molecular flexibility index (Phi) is 6.01. The summed E-state index contributed by atoms with van der Waals surface area (Å²) in [5.74, 6) is -1.01. The number of nitrogens with one attached hydrogen (secondary N) is 1. The zero-order valence-electron chi connectivity index (χ0n) is 19.2. The van der Waals surface area contributed by atoms with Crippen LogP contribution in [0.1, 0.15) is 22.3 Å². The molecule has 1 aromatic heterocycles. The molecule has 0 saturated carbocycles. The average molecular weight is 500 g/mol. The van der Waals surface area contributed by atoms with Gasteiger partial charge in [-0.05, 0) is 61.5 Å². The first kappa shape index (κ1) is 23.0. The van der Waals surface area contributed by atoms with Crippen LogP contribution in [-0.2, 0) is 16.1 Å². The number of benzene rings is 3. The van der Waals surface area contributed by atoms with Crippen molar-refractivity contribution in [2.75, 3.05) is 4.90 Å². The van der Waals surface area contributed by atoms with Crippen LogP contribution in [0.3, 0.4) is 0 Å². The second-order valence-corrected chi connectivity index (χ2v) is 9.35. The lowest BCUT2D eigenvalue weighted by atomic mass is 10.1. The molecule has 1 fully saturated rings. The summed E-state index contributed by atoms with van der Waals surface area (Å²) < 4.78 is 2.13. The molecule has 0 atom stereocenters. The molecule has 0 bridgehead atoms. The molecule has 5 rings (SSSR count). The number of aromatic nitrogens is 1. The minimum atomic E-state index is -0.522. The number of para-hydroxylation sites is 1. The Labute approximate surface area is 213 Å². The van der Waals surface area contributed by atoms with E-state index in [2.05, 4.69) is 35.0 Å². The standard InChI is InChI=1S/C28H22ClN3O2S/c1-17-7-5-8-19(13-17)15-31-16-20(21-9-3-4-11-25(21)31)14-22-26(33)30-28(35)32(27(22)34)24-12-6-10-23(29)18(24)2/h3-14,16H,15H2,1-2H3,(H,30,33,35). The lowest BCUT2D eigenvalue weighted by Gasteiger charge is -2.30. The molecular weight excluding hydrogens is 478 g/mol. The van der Waals surface area contributed by atoms with Crippen molar-refractivity contribution in [1.82, 2.24) is 9.88 Å². The topological polar surface area (TPSA) is 54.3 Å². The van der Waals surface area contributed by atoms with Gasteiger partial charge in [-0.3, -0.25) is 19.8 Å². The molecule has 0 spiro atoms. The highest BCUT2D eigenvalue weighted by atomic mass is 35.5. The molecule has 7 heteroatoms. The van der Waals surface area contributed by atoms with E-state index in [1.54, 1.807) is 24.3 Å². The van der Waals surface area contributed by atoms with Crippen molar-refractivity contribution in [1.29, 1.82) is 0 Å². The highest BCUT2D eigenvalue weighted by Crippen LogP contribution is 2.31. The van der Waals surface area contributed by atoms with Crippen molar-refractivity contribution < 1.29 is 9.59 Å². The monoisotopic (exact) mass is 499 g/mol. The van der Waals surface area contributed by atoms with Gasteiger partial charge in [0.2, 0.25) is 0 Å². The van der Waals surface area contributed by atoms with E-state index in [9.17, 15) is 9.59 Å². The smallest absolute Gasteiger partial charge is 0.270 e. The van der Waals surface area contributed by atoms with E-state index < -0.39 is 11.8 Å². The van der Waals surface area contributed by atoms with Crippen molar-refractivity contribution in [3.05, 3.63) is 106 Å². The molecule has 1 aliphatic rings. The van der Waals surface area contributed by atoms with Crippen LogP contribution in [0.5, 0.6) is 0 Å². The third-order valence-corrected chi connectivity index (χ3v) is 6.83. The van der Waals surface area contributed by atoms with Crippen LogP contribution >= 0.6 is 23.8 Å². The zero-order chi connectivity index (χ0) is 24.7. The Balaban J connectivity index is 1.59. The second kappa shape index (κ2) is 9.13. The third kappa shape index (κ3) is 4.27. The molecule has 0 radical (unpaired) electrons. The zero-order valence-corrected chi connectivity index (χ0v) is 20.8. The second-order valence-electron chi connectivity index (χ2n) is 8.56. The fourth-order valence-electron chi connectivity index (χ4n) is 4.40. The summed E-state index contributed by atoms with van der Waals surface area (Å²) in [6, 6.07) is 21.5. The summed E-state index contributed by atoms with van der Waals surface area (Å²) in [6.07, 6.45) is 3.61. The van der Waals surface area contributed by atoms with Gasteiger partial charge < -0.3 is 4.57 Å². The number of anilines is 1. The van der Waals surface area contributed by atoms with E-state index >= 15 is 0 Å². The van der Waals surface area contributed by atoms with Gasteiger partial charge >= 0.3 is 0 Å². The van der Waals surface area contributed by atoms with Gasteiger partial charge in [0.15, 0.2) is 5.11 Å². The van der Waals surface area contributed by atoms with Crippen molar-refractivity contribution in [2.45, 2.75) is 20.4 Å². The van der Waals surface area contributed by atoms with Crippen LogP contribution in [0.2, 0.25) is 5.02 Å². The number of carbonyl (C=O) groups is 2. The van der Waals surface area contributed by atoms with Crippen LogP contribution in [-0.4, -0.2) is 21.5 Å². The van der Waals surface area contributed by atoms with Gasteiger partial charge in [0.05, 0.1) is 5.69 Å². The van der Waals surface area contributed by atoms with E-state index in [-0.39, 0.29) is 10.7 Å². The van der Waals surface area contributed by atoms with Gasteiger partial charge in [0, 0.05) is 34.2 Å². The molecule has 0 aliphatic carbocycles. The van der Waals surface area contributed by atoms with Crippen LogP contribution in [0.4, 0.5) is 5.69 Å². The molecule has 1 aliphatic heterocycles. The number of fused-ring (bicyclic) bond motifs is 1. The molecule has 0 unspecified atom stereocenters. The predicted octanol–water partition coefficient (Wildman–Crippen LogP) is 5.79. The SMILES string of the molecule is Cc1cccc(Cn2cc(C=C3C(=O)NC(=S)N(c4cccc(Cl)c4C)C3=O)c3ccccc32)c1. The third-order valence-electron chi connectivity index (χ3n) is 6.14. The summed E-state index contributed by atoms with van der Waals surface area (Å²) in [5.41, 5.74) is 5.42. The fourth-order valence-corrected chi connectivity index (χ4v) is 4.84. The molecular formula is C28H22ClN3O2S. The number of rotatable bonds is 4. The minimum Gasteiger partial charge on any atom is -0.342 e. The predicted molar refractivity (Wildman–Crippen MR) is 145 cm³/mol. The van der Waals surface area contributed by atoms with Gasteiger partial charge in [-0.25, -0.2) is 0 Å². The highest BCUT2D eigenvalue weighted by Gasteiger charge is 2.35. The van der Waals surface area contributed by atoms with Crippen molar-refractivity contribution in [3.8, 4) is 0 Å². The van der Waals surface area contributed by atoms with E-state index in [4.69, 9.17) is 23.8 Å². The van der Waals surface area contributed by atoms with E-state index in [1.165, 1.54) is 16.0 Å². The molecule has 3 aromatic carbocycles. The van der Waals surface area contributed by atoms with Crippen LogP contribution in [0.15, 0.2) is 78.5 Å². The van der Waals surface area contributed by atoms with Gasteiger partial charge in [-0.15, -0.1) is 0 Å². The molecule has 174 valence electrons. The van der Waals surface area contributed by atoms with E-state index in [0.29, 0.717) is 22.8 Å². The maximum Gasteiger partial charge on any atom is 0.270 e. The lowest BCUT2D eigenvalue weighted by molar-refractivity contribution is -0.122. The number of hydrogen-bond donors (Lipinski definition) is 1. The first-order chi connectivity index (χ1) is 16.8.